The molecule has 1 heterocycles. The van der Waals surface area contributed by atoms with Crippen LogP contribution in [0.1, 0.15) is 53.9 Å². The summed E-state index contributed by atoms with van der Waals surface area (Å²) in [5.74, 6) is -0.112. The van der Waals surface area contributed by atoms with Gasteiger partial charge in [-0.2, -0.15) is 0 Å². The maximum atomic E-state index is 12.6. The Balaban J connectivity index is 2.55. The molecule has 1 rings (SSSR count). The van der Waals surface area contributed by atoms with E-state index in [4.69, 9.17) is 9.53 Å². The second kappa shape index (κ2) is 7.43. The molecule has 1 aliphatic rings. The van der Waals surface area contributed by atoms with Gasteiger partial charge in [-0.05, 0) is 37.4 Å². The van der Waals surface area contributed by atoms with Crippen LogP contribution in [0.15, 0.2) is 0 Å². The van der Waals surface area contributed by atoms with E-state index in [9.17, 15) is 9.59 Å². The van der Waals surface area contributed by atoms with Crippen LogP contribution in [0.5, 0.6) is 0 Å². The fourth-order valence-corrected chi connectivity index (χ4v) is 3.43. The van der Waals surface area contributed by atoms with Crippen LogP contribution < -0.4 is 5.32 Å². The lowest BCUT2D eigenvalue weighted by Gasteiger charge is -2.37. The Bertz CT molecular complexity index is 472. The molecule has 0 aromatic rings. The van der Waals surface area contributed by atoms with Gasteiger partial charge >= 0.3 is 6.09 Å². The van der Waals surface area contributed by atoms with Gasteiger partial charge in [0.05, 0.1) is 0 Å². The summed E-state index contributed by atoms with van der Waals surface area (Å²) in [6, 6.07) is 0. The average Bonchev–Trinajstić information content (AvgIpc) is 2.85. The van der Waals surface area contributed by atoms with Gasteiger partial charge in [-0.25, -0.2) is 4.79 Å². The lowest BCUT2D eigenvalue weighted by molar-refractivity contribution is -0.131. The summed E-state index contributed by atoms with van der Waals surface area (Å²) in [5, 5.41) is 12.2. The Morgan fingerprint density at radius 3 is 2.33 bits per heavy atom. The van der Waals surface area contributed by atoms with Gasteiger partial charge in [-0.1, -0.05) is 34.6 Å². The molecule has 0 saturated carbocycles. The second-order valence-corrected chi connectivity index (χ2v) is 13.7. The third kappa shape index (κ3) is 5.21. The zero-order valence-electron chi connectivity index (χ0n) is 16.2. The highest BCUT2D eigenvalue weighted by Gasteiger charge is 2.39. The molecule has 0 spiro atoms. The fourth-order valence-electron chi connectivity index (χ4n) is 2.38. The van der Waals surface area contributed by atoms with Gasteiger partial charge in [0.1, 0.15) is 6.17 Å². The van der Waals surface area contributed by atoms with E-state index in [1.165, 1.54) is 4.90 Å². The zero-order chi connectivity index (χ0) is 18.8. The first kappa shape index (κ1) is 21.0. The van der Waals surface area contributed by atoms with Crippen LogP contribution >= 0.6 is 0 Å². The van der Waals surface area contributed by atoms with Gasteiger partial charge in [-0.3, -0.25) is 9.69 Å². The number of rotatable bonds is 6. The van der Waals surface area contributed by atoms with Crippen molar-refractivity contribution in [2.24, 2.45) is 5.41 Å². The number of carbonyl (C=O) groups is 2. The first-order chi connectivity index (χ1) is 10.8. The average molecular weight is 359 g/mol. The van der Waals surface area contributed by atoms with Crippen molar-refractivity contribution in [1.82, 2.24) is 10.2 Å². The van der Waals surface area contributed by atoms with Gasteiger partial charge in [0.25, 0.3) is 0 Å². The van der Waals surface area contributed by atoms with Gasteiger partial charge in [-0.15, -0.1) is 0 Å². The van der Waals surface area contributed by atoms with E-state index in [-0.39, 0.29) is 10.9 Å². The van der Waals surface area contributed by atoms with Crippen LogP contribution in [-0.4, -0.2) is 49.6 Å². The predicted molar refractivity (Wildman–Crippen MR) is 97.4 cm³/mol. The molecule has 1 aliphatic heterocycles. The van der Waals surface area contributed by atoms with Crippen LogP contribution in [0.25, 0.3) is 0 Å². The minimum Gasteiger partial charge on any atom is -0.465 e. The molecule has 7 heteroatoms. The Kier molecular flexibility index (Phi) is 6.49. The highest BCUT2D eigenvalue weighted by atomic mass is 28.4. The van der Waals surface area contributed by atoms with Crippen LogP contribution in [0.4, 0.5) is 4.79 Å². The van der Waals surface area contributed by atoms with Crippen LogP contribution in [0.3, 0.4) is 0 Å². The number of carbonyl (C=O) groups excluding carboxylic acids is 1. The van der Waals surface area contributed by atoms with Crippen molar-refractivity contribution in [2.45, 2.75) is 78.2 Å². The molecule has 0 aromatic carbocycles. The van der Waals surface area contributed by atoms with Crippen molar-refractivity contribution in [3.05, 3.63) is 0 Å². The van der Waals surface area contributed by atoms with Gasteiger partial charge < -0.3 is 14.8 Å². The number of carboxylic acid groups (broad SMARTS) is 1. The molecular formula is C17H34N2O4Si. The molecule has 140 valence electrons. The van der Waals surface area contributed by atoms with E-state index >= 15 is 0 Å². The van der Waals surface area contributed by atoms with Crippen molar-refractivity contribution < 1.29 is 19.1 Å². The van der Waals surface area contributed by atoms with Crippen molar-refractivity contribution in [1.29, 1.82) is 0 Å². The Labute approximate surface area is 147 Å². The first-order valence-electron chi connectivity index (χ1n) is 8.72. The summed E-state index contributed by atoms with van der Waals surface area (Å²) in [6.45, 7) is 15.8. The molecule has 2 N–H and O–H groups in total. The molecule has 2 amide bonds. The van der Waals surface area contributed by atoms with E-state index in [0.29, 0.717) is 26.0 Å². The summed E-state index contributed by atoms with van der Waals surface area (Å²) in [5.41, 5.74) is -0.588. The molecule has 6 nitrogen and oxygen atoms in total. The van der Waals surface area contributed by atoms with Crippen molar-refractivity contribution >= 4 is 20.3 Å². The molecule has 24 heavy (non-hydrogen) atoms. The standard InChI is InChI=1S/C17H34N2O4Si/c1-16(2,3)24(6,7)23-12-10-17(4,5)14(20)18-13-9-8-11-19(13)15(21)22/h13H,8-12H2,1-7H3,(H,18,20)(H,21,22). The topological polar surface area (TPSA) is 78.9 Å². The SMILES string of the molecule is CC(C)(CCO[Si](C)(C)C(C)(C)C)C(=O)NC1CCCN1C(=O)O. The van der Waals surface area contributed by atoms with E-state index in [1.807, 2.05) is 13.8 Å². The zero-order valence-corrected chi connectivity index (χ0v) is 17.2. The summed E-state index contributed by atoms with van der Waals surface area (Å²) >= 11 is 0. The largest absolute Gasteiger partial charge is 0.465 e. The lowest BCUT2D eigenvalue weighted by Crippen LogP contribution is -2.50. The quantitative estimate of drug-likeness (QED) is 0.711. The molecule has 0 aliphatic carbocycles. The van der Waals surface area contributed by atoms with Gasteiger partial charge in [0.15, 0.2) is 8.32 Å². The third-order valence-electron chi connectivity index (χ3n) is 5.41. The number of amides is 2. The van der Waals surface area contributed by atoms with Crippen molar-refractivity contribution in [3.8, 4) is 0 Å². The van der Waals surface area contributed by atoms with Crippen LogP contribution in [0.2, 0.25) is 18.1 Å². The number of likely N-dealkylation sites (tertiary alicyclic amines) is 1. The van der Waals surface area contributed by atoms with E-state index < -0.39 is 26.0 Å². The molecular weight excluding hydrogens is 324 g/mol. The molecule has 1 saturated heterocycles. The minimum absolute atomic E-state index is 0.112. The second-order valence-electron chi connectivity index (χ2n) is 8.85. The Morgan fingerprint density at radius 2 is 1.83 bits per heavy atom. The van der Waals surface area contributed by atoms with Crippen LogP contribution in [-0.2, 0) is 9.22 Å². The number of hydrogen-bond acceptors (Lipinski definition) is 3. The van der Waals surface area contributed by atoms with Gasteiger partial charge in [0.2, 0.25) is 5.91 Å². The maximum Gasteiger partial charge on any atom is 0.408 e. The molecule has 0 aromatic heterocycles. The summed E-state index contributed by atoms with van der Waals surface area (Å²) in [7, 11) is -1.82. The Hall–Kier alpha value is -1.08. The summed E-state index contributed by atoms with van der Waals surface area (Å²) in [6.07, 6.45) is 0.693. The fraction of sp³-hybridized carbons (Fsp3) is 0.882. The minimum atomic E-state index is -1.82. The molecule has 0 bridgehead atoms. The molecule has 1 unspecified atom stereocenters. The van der Waals surface area contributed by atoms with Crippen molar-refractivity contribution in [2.75, 3.05) is 13.2 Å². The highest BCUT2D eigenvalue weighted by Crippen LogP contribution is 2.37. The highest BCUT2D eigenvalue weighted by molar-refractivity contribution is 6.74. The normalized spacial score (nSPS) is 19.5. The van der Waals surface area contributed by atoms with Crippen LogP contribution in [0, 0.1) is 5.41 Å². The smallest absolute Gasteiger partial charge is 0.408 e. The Morgan fingerprint density at radius 1 is 1.25 bits per heavy atom. The summed E-state index contributed by atoms with van der Waals surface area (Å²) < 4.78 is 6.16. The molecule has 1 fully saturated rings. The molecule has 0 radical (unpaired) electrons. The predicted octanol–water partition coefficient (Wildman–Crippen LogP) is 3.64. The monoisotopic (exact) mass is 358 g/mol. The van der Waals surface area contributed by atoms with Crippen molar-refractivity contribution in [3.63, 3.8) is 0 Å². The third-order valence-corrected chi connectivity index (χ3v) is 9.95. The summed E-state index contributed by atoms with van der Waals surface area (Å²) in [4.78, 5) is 25.1. The number of hydrogen-bond donors (Lipinski definition) is 2. The van der Waals surface area contributed by atoms with E-state index in [0.717, 1.165) is 6.42 Å². The number of nitrogens with zero attached hydrogens (tertiary/aromatic N) is 1. The molecule has 1 atom stereocenters. The first-order valence-corrected chi connectivity index (χ1v) is 11.6. The lowest BCUT2D eigenvalue weighted by atomic mass is 9.88. The van der Waals surface area contributed by atoms with Gasteiger partial charge in [0, 0.05) is 18.6 Å². The van der Waals surface area contributed by atoms with E-state index in [2.05, 4.69) is 39.2 Å². The maximum absolute atomic E-state index is 12.6. The number of nitrogens with one attached hydrogen (secondary N) is 1. The van der Waals surface area contributed by atoms with E-state index in [1.54, 1.807) is 0 Å².